The van der Waals surface area contributed by atoms with E-state index in [1.165, 1.54) is 0 Å². The van der Waals surface area contributed by atoms with Crippen LogP contribution in [0.1, 0.15) is 0 Å². The second kappa shape index (κ2) is 7.03. The normalized spacial score (nSPS) is 22.8. The molecule has 0 spiro atoms. The molecule has 1 aliphatic rings. The van der Waals surface area contributed by atoms with E-state index in [0.717, 1.165) is 0 Å². The summed E-state index contributed by atoms with van der Waals surface area (Å²) in [4.78, 5) is 0. The summed E-state index contributed by atoms with van der Waals surface area (Å²) in [5.74, 6) is -3.23. The van der Waals surface area contributed by atoms with E-state index in [0.29, 0.717) is 13.1 Å². The van der Waals surface area contributed by atoms with Crippen LogP contribution in [-0.2, 0) is 0 Å². The van der Waals surface area contributed by atoms with Gasteiger partial charge in [0.15, 0.2) is 6.67 Å². The first-order valence-corrected chi connectivity index (χ1v) is 3.55. The molecule has 2 N–H and O–H groups in total. The zero-order chi connectivity index (χ0) is 8.32. The lowest BCUT2D eigenvalue weighted by atomic mass is 10.1. The number of piperazine rings is 1. The van der Waals surface area contributed by atoms with Gasteiger partial charge in [-0.25, -0.2) is 13.2 Å². The lowest BCUT2D eigenvalue weighted by molar-refractivity contribution is -0.0590. The lowest BCUT2D eigenvalue weighted by Crippen LogP contribution is -2.57. The monoisotopic (exact) mass is 328 g/mol. The van der Waals surface area contributed by atoms with Crippen LogP contribution in [-0.4, -0.2) is 38.3 Å². The summed E-state index contributed by atoms with van der Waals surface area (Å²) in [6.45, 7) is -0.317. The smallest absolute Gasteiger partial charge is 0.292 e. The minimum atomic E-state index is -3.23. The standard InChI is InChI=1S/C6H11F3N2.2BrH/c7-4-6(8,9)5-3-10-1-2-11-5;;/h5,10-11H,1-4H2;2*1H. The molecule has 0 aromatic heterocycles. The predicted octanol–water partition coefficient (Wildman–Crippen LogP) is 1.31. The van der Waals surface area contributed by atoms with Gasteiger partial charge < -0.3 is 10.6 Å². The Balaban J connectivity index is 0. The van der Waals surface area contributed by atoms with Crippen molar-refractivity contribution in [1.82, 2.24) is 10.6 Å². The number of rotatable bonds is 2. The van der Waals surface area contributed by atoms with Crippen LogP contribution in [0.2, 0.25) is 0 Å². The van der Waals surface area contributed by atoms with Crippen LogP contribution >= 0.6 is 34.0 Å². The molecule has 0 aromatic rings. The van der Waals surface area contributed by atoms with Crippen LogP contribution in [0.25, 0.3) is 0 Å². The SMILES string of the molecule is Br.Br.FCC(F)(F)C1CNCCN1. The van der Waals surface area contributed by atoms with Crippen LogP contribution in [0, 0.1) is 0 Å². The largest absolute Gasteiger partial charge is 0.314 e. The van der Waals surface area contributed by atoms with Gasteiger partial charge in [0.25, 0.3) is 5.92 Å². The van der Waals surface area contributed by atoms with Gasteiger partial charge in [-0.1, -0.05) is 0 Å². The van der Waals surface area contributed by atoms with Gasteiger partial charge in [0.2, 0.25) is 0 Å². The summed E-state index contributed by atoms with van der Waals surface area (Å²) in [5, 5.41) is 5.32. The van der Waals surface area contributed by atoms with Gasteiger partial charge in [0.1, 0.15) is 0 Å². The fourth-order valence-corrected chi connectivity index (χ4v) is 1.05. The van der Waals surface area contributed by atoms with E-state index in [-0.39, 0.29) is 40.5 Å². The number of hydrogen-bond donors (Lipinski definition) is 2. The summed E-state index contributed by atoms with van der Waals surface area (Å²) < 4.78 is 36.9. The Hall–Kier alpha value is 0.670. The topological polar surface area (TPSA) is 24.1 Å². The summed E-state index contributed by atoms with van der Waals surface area (Å²) in [7, 11) is 0. The Bertz CT molecular complexity index is 131. The third-order valence-electron chi connectivity index (χ3n) is 1.73. The van der Waals surface area contributed by atoms with Crippen molar-refractivity contribution in [3.05, 3.63) is 0 Å². The molecule has 0 radical (unpaired) electrons. The van der Waals surface area contributed by atoms with Crippen molar-refractivity contribution in [3.8, 4) is 0 Å². The first kappa shape index (κ1) is 16.1. The zero-order valence-corrected chi connectivity index (χ0v) is 10.3. The molecule has 1 aliphatic heterocycles. The molecule has 0 amide bonds. The fourth-order valence-electron chi connectivity index (χ4n) is 1.05. The van der Waals surface area contributed by atoms with E-state index < -0.39 is 18.6 Å². The summed E-state index contributed by atoms with van der Waals surface area (Å²) in [6, 6.07) is -1.05. The Labute approximate surface area is 96.2 Å². The first-order chi connectivity index (χ1) is 5.17. The predicted molar refractivity (Wildman–Crippen MR) is 56.2 cm³/mol. The minimum Gasteiger partial charge on any atom is -0.314 e. The Kier molecular flexibility index (Phi) is 8.71. The Morgan fingerprint density at radius 1 is 1.23 bits per heavy atom. The summed E-state index contributed by atoms with van der Waals surface area (Å²) >= 11 is 0. The third kappa shape index (κ3) is 4.62. The van der Waals surface area contributed by atoms with Gasteiger partial charge >= 0.3 is 0 Å². The van der Waals surface area contributed by atoms with E-state index in [9.17, 15) is 13.2 Å². The van der Waals surface area contributed by atoms with Crippen molar-refractivity contribution in [2.45, 2.75) is 12.0 Å². The second-order valence-electron chi connectivity index (χ2n) is 2.61. The number of halogens is 5. The molecular formula is C6H13Br2F3N2. The Morgan fingerprint density at radius 3 is 2.23 bits per heavy atom. The van der Waals surface area contributed by atoms with Crippen LogP contribution in [0.15, 0.2) is 0 Å². The van der Waals surface area contributed by atoms with E-state index in [2.05, 4.69) is 10.6 Å². The van der Waals surface area contributed by atoms with Crippen molar-refractivity contribution in [2.24, 2.45) is 0 Å². The molecule has 0 aliphatic carbocycles. The second-order valence-corrected chi connectivity index (χ2v) is 2.61. The highest BCUT2D eigenvalue weighted by atomic mass is 79.9. The van der Waals surface area contributed by atoms with E-state index in [1.807, 2.05) is 0 Å². The molecule has 82 valence electrons. The molecular weight excluding hydrogens is 317 g/mol. The molecule has 1 heterocycles. The maximum absolute atomic E-state index is 12.6. The minimum absolute atomic E-state index is 0. The van der Waals surface area contributed by atoms with Crippen LogP contribution in [0.3, 0.4) is 0 Å². The van der Waals surface area contributed by atoms with Gasteiger partial charge in [0.05, 0.1) is 6.04 Å². The lowest BCUT2D eigenvalue weighted by Gasteiger charge is -2.29. The van der Waals surface area contributed by atoms with Gasteiger partial charge in [-0.15, -0.1) is 34.0 Å². The van der Waals surface area contributed by atoms with E-state index in [1.54, 1.807) is 0 Å². The summed E-state index contributed by atoms with van der Waals surface area (Å²) in [6.07, 6.45) is 0. The molecule has 0 aromatic carbocycles. The van der Waals surface area contributed by atoms with Crippen LogP contribution in [0.4, 0.5) is 13.2 Å². The highest BCUT2D eigenvalue weighted by molar-refractivity contribution is 8.93. The molecule has 13 heavy (non-hydrogen) atoms. The van der Waals surface area contributed by atoms with Crippen molar-refractivity contribution < 1.29 is 13.2 Å². The molecule has 0 bridgehead atoms. The molecule has 1 saturated heterocycles. The number of alkyl halides is 3. The average molecular weight is 330 g/mol. The van der Waals surface area contributed by atoms with Crippen LogP contribution < -0.4 is 10.6 Å². The Morgan fingerprint density at radius 2 is 1.85 bits per heavy atom. The molecule has 1 unspecified atom stereocenters. The van der Waals surface area contributed by atoms with Crippen molar-refractivity contribution >= 4 is 34.0 Å². The summed E-state index contributed by atoms with van der Waals surface area (Å²) in [5.41, 5.74) is 0. The highest BCUT2D eigenvalue weighted by Gasteiger charge is 2.39. The molecule has 7 heteroatoms. The maximum Gasteiger partial charge on any atom is 0.292 e. The number of nitrogens with one attached hydrogen (secondary N) is 2. The van der Waals surface area contributed by atoms with Crippen LogP contribution in [0.5, 0.6) is 0 Å². The molecule has 2 nitrogen and oxygen atoms in total. The van der Waals surface area contributed by atoms with Gasteiger partial charge in [0, 0.05) is 19.6 Å². The highest BCUT2D eigenvalue weighted by Crippen LogP contribution is 2.19. The fraction of sp³-hybridized carbons (Fsp3) is 1.00. The third-order valence-corrected chi connectivity index (χ3v) is 1.73. The molecule has 1 rings (SSSR count). The molecule has 0 saturated carbocycles. The molecule has 1 atom stereocenters. The first-order valence-electron chi connectivity index (χ1n) is 3.55. The van der Waals surface area contributed by atoms with E-state index in [4.69, 9.17) is 0 Å². The quantitative estimate of drug-likeness (QED) is 0.798. The van der Waals surface area contributed by atoms with E-state index >= 15 is 0 Å². The van der Waals surface area contributed by atoms with Gasteiger partial charge in [-0.3, -0.25) is 0 Å². The number of hydrogen-bond acceptors (Lipinski definition) is 2. The van der Waals surface area contributed by atoms with Gasteiger partial charge in [-0.05, 0) is 0 Å². The van der Waals surface area contributed by atoms with Crippen molar-refractivity contribution in [3.63, 3.8) is 0 Å². The van der Waals surface area contributed by atoms with Crippen molar-refractivity contribution in [1.29, 1.82) is 0 Å². The average Bonchev–Trinajstić information content (AvgIpc) is 2.06. The maximum atomic E-state index is 12.6. The molecule has 1 fully saturated rings. The zero-order valence-electron chi connectivity index (χ0n) is 6.86. The van der Waals surface area contributed by atoms with Gasteiger partial charge in [-0.2, -0.15) is 0 Å². The van der Waals surface area contributed by atoms with Crippen molar-refractivity contribution in [2.75, 3.05) is 26.3 Å².